The Morgan fingerprint density at radius 2 is 1.95 bits per heavy atom. The Morgan fingerprint density at radius 3 is 2.60 bits per heavy atom. The van der Waals surface area contributed by atoms with Gasteiger partial charge in [-0.15, -0.1) is 0 Å². The SMILES string of the molecule is COc1cc(C)nc(Cn2c(C)c(Br)c(C)nc2=O)c1. The molecule has 20 heavy (non-hydrogen) atoms. The molecule has 0 fully saturated rings. The highest BCUT2D eigenvalue weighted by atomic mass is 79.9. The molecule has 2 aromatic rings. The third-order valence-corrected chi connectivity index (χ3v) is 4.22. The average molecular weight is 338 g/mol. The standard InChI is InChI=1S/C14H16BrN3O2/c1-8-5-12(20-4)6-11(16-8)7-18-10(3)13(15)9(2)17-14(18)19/h5-6H,7H2,1-4H3. The molecular formula is C14H16BrN3O2. The Labute approximate surface area is 125 Å². The van der Waals surface area contributed by atoms with E-state index in [1.54, 1.807) is 18.6 Å². The van der Waals surface area contributed by atoms with E-state index < -0.39 is 0 Å². The van der Waals surface area contributed by atoms with Crippen molar-refractivity contribution >= 4 is 15.9 Å². The molecule has 0 saturated carbocycles. The minimum atomic E-state index is -0.273. The van der Waals surface area contributed by atoms with Gasteiger partial charge in [-0.05, 0) is 36.7 Å². The van der Waals surface area contributed by atoms with Crippen molar-refractivity contribution in [3.8, 4) is 5.75 Å². The predicted molar refractivity (Wildman–Crippen MR) is 80.3 cm³/mol. The molecule has 2 aromatic heterocycles. The summed E-state index contributed by atoms with van der Waals surface area (Å²) in [6.07, 6.45) is 0. The number of aromatic nitrogens is 3. The van der Waals surface area contributed by atoms with Crippen molar-refractivity contribution in [1.82, 2.24) is 14.5 Å². The van der Waals surface area contributed by atoms with Crippen molar-refractivity contribution in [3.63, 3.8) is 0 Å². The number of hydrogen-bond acceptors (Lipinski definition) is 4. The molecule has 0 aromatic carbocycles. The van der Waals surface area contributed by atoms with Crippen molar-refractivity contribution in [2.45, 2.75) is 27.3 Å². The van der Waals surface area contributed by atoms with Gasteiger partial charge in [-0.3, -0.25) is 9.55 Å². The first kappa shape index (κ1) is 14.7. The molecule has 6 heteroatoms. The third kappa shape index (κ3) is 2.90. The van der Waals surface area contributed by atoms with Crippen molar-refractivity contribution in [2.24, 2.45) is 0 Å². The van der Waals surface area contributed by atoms with Crippen molar-refractivity contribution in [1.29, 1.82) is 0 Å². The molecule has 2 heterocycles. The molecule has 5 nitrogen and oxygen atoms in total. The zero-order valence-electron chi connectivity index (χ0n) is 11.9. The Morgan fingerprint density at radius 1 is 1.25 bits per heavy atom. The molecule has 0 N–H and O–H groups in total. The molecule has 2 rings (SSSR count). The van der Waals surface area contributed by atoms with Crippen LogP contribution in [0.4, 0.5) is 0 Å². The fourth-order valence-electron chi connectivity index (χ4n) is 2.03. The Bertz CT molecular complexity index is 710. The number of rotatable bonds is 3. The molecule has 0 atom stereocenters. The zero-order chi connectivity index (χ0) is 14.9. The van der Waals surface area contributed by atoms with Gasteiger partial charge >= 0.3 is 5.69 Å². The lowest BCUT2D eigenvalue weighted by Gasteiger charge is -2.12. The van der Waals surface area contributed by atoms with Crippen LogP contribution in [0.15, 0.2) is 21.4 Å². The maximum Gasteiger partial charge on any atom is 0.348 e. The maximum absolute atomic E-state index is 12.0. The quantitative estimate of drug-likeness (QED) is 0.862. The molecule has 0 aliphatic carbocycles. The number of nitrogens with zero attached hydrogens (tertiary/aromatic N) is 3. The summed E-state index contributed by atoms with van der Waals surface area (Å²) in [5.41, 5.74) is 2.88. The molecule has 106 valence electrons. The molecule has 0 bridgehead atoms. The summed E-state index contributed by atoms with van der Waals surface area (Å²) in [5.74, 6) is 0.734. The lowest BCUT2D eigenvalue weighted by Crippen LogP contribution is -2.27. The average Bonchev–Trinajstić information content (AvgIpc) is 2.40. The van der Waals surface area contributed by atoms with Gasteiger partial charge in [0.2, 0.25) is 0 Å². The van der Waals surface area contributed by atoms with Crippen LogP contribution in [0.5, 0.6) is 5.75 Å². The topological polar surface area (TPSA) is 57.0 Å². The smallest absolute Gasteiger partial charge is 0.348 e. The second kappa shape index (κ2) is 5.75. The van der Waals surface area contributed by atoms with Gasteiger partial charge in [0.15, 0.2) is 0 Å². The first-order valence-corrected chi connectivity index (χ1v) is 6.96. The summed E-state index contributed by atoms with van der Waals surface area (Å²) >= 11 is 3.45. The molecule has 0 saturated heterocycles. The Balaban J connectivity index is 2.48. The van der Waals surface area contributed by atoms with Crippen LogP contribution in [0.2, 0.25) is 0 Å². The fourth-order valence-corrected chi connectivity index (χ4v) is 2.33. The lowest BCUT2D eigenvalue weighted by molar-refractivity contribution is 0.412. The van der Waals surface area contributed by atoms with E-state index in [9.17, 15) is 4.79 Å². The van der Waals surface area contributed by atoms with Gasteiger partial charge < -0.3 is 4.74 Å². The number of hydrogen-bond donors (Lipinski definition) is 0. The minimum Gasteiger partial charge on any atom is -0.497 e. The zero-order valence-corrected chi connectivity index (χ0v) is 13.5. The van der Waals surface area contributed by atoms with Crippen molar-refractivity contribution in [2.75, 3.05) is 7.11 Å². The van der Waals surface area contributed by atoms with E-state index in [0.29, 0.717) is 12.2 Å². The molecule has 0 radical (unpaired) electrons. The summed E-state index contributed by atoms with van der Waals surface area (Å²) in [4.78, 5) is 20.5. The van der Waals surface area contributed by atoms with E-state index in [4.69, 9.17) is 4.74 Å². The van der Waals surface area contributed by atoms with Crippen molar-refractivity contribution < 1.29 is 4.74 Å². The van der Waals surface area contributed by atoms with Gasteiger partial charge in [-0.1, -0.05) is 0 Å². The molecule has 0 aliphatic heterocycles. The maximum atomic E-state index is 12.0. The number of aryl methyl sites for hydroxylation is 2. The van der Waals surface area contributed by atoms with Gasteiger partial charge in [-0.25, -0.2) is 4.79 Å². The van der Waals surface area contributed by atoms with Crippen LogP contribution in [0.1, 0.15) is 22.8 Å². The highest BCUT2D eigenvalue weighted by Gasteiger charge is 2.11. The Kier molecular flexibility index (Phi) is 4.23. The van der Waals surface area contributed by atoms with Crippen LogP contribution >= 0.6 is 15.9 Å². The van der Waals surface area contributed by atoms with E-state index >= 15 is 0 Å². The normalized spacial score (nSPS) is 10.7. The molecule has 0 amide bonds. The van der Waals surface area contributed by atoms with Crippen LogP contribution in [0.3, 0.4) is 0 Å². The van der Waals surface area contributed by atoms with E-state index in [1.807, 2.05) is 26.0 Å². The number of halogens is 1. The number of ether oxygens (including phenoxy) is 1. The van der Waals surface area contributed by atoms with E-state index in [2.05, 4.69) is 25.9 Å². The van der Waals surface area contributed by atoms with Crippen LogP contribution in [0, 0.1) is 20.8 Å². The van der Waals surface area contributed by atoms with Crippen LogP contribution in [0.25, 0.3) is 0 Å². The first-order chi connectivity index (χ1) is 9.42. The fraction of sp³-hybridized carbons (Fsp3) is 0.357. The summed E-state index contributed by atoms with van der Waals surface area (Å²) < 4.78 is 7.66. The number of pyridine rings is 1. The second-order valence-electron chi connectivity index (χ2n) is 4.61. The molecule has 0 unspecified atom stereocenters. The number of methoxy groups -OCH3 is 1. The largest absolute Gasteiger partial charge is 0.497 e. The summed E-state index contributed by atoms with van der Waals surface area (Å²) in [6.45, 7) is 5.95. The van der Waals surface area contributed by atoms with E-state index in [1.165, 1.54) is 0 Å². The molecule has 0 aliphatic rings. The summed E-state index contributed by atoms with van der Waals surface area (Å²) in [6, 6.07) is 3.68. The highest BCUT2D eigenvalue weighted by molar-refractivity contribution is 9.10. The van der Waals surface area contributed by atoms with Gasteiger partial charge in [0.25, 0.3) is 0 Å². The lowest BCUT2D eigenvalue weighted by atomic mass is 10.2. The van der Waals surface area contributed by atoms with Gasteiger partial charge in [0.1, 0.15) is 5.75 Å². The van der Waals surface area contributed by atoms with Crippen molar-refractivity contribution in [3.05, 3.63) is 49.9 Å². The summed E-state index contributed by atoms with van der Waals surface area (Å²) in [5, 5.41) is 0. The first-order valence-electron chi connectivity index (χ1n) is 6.17. The predicted octanol–water partition coefficient (Wildman–Crippen LogP) is 2.38. The van der Waals surface area contributed by atoms with E-state index in [0.717, 1.165) is 27.3 Å². The van der Waals surface area contributed by atoms with Crippen LogP contribution in [-0.2, 0) is 6.54 Å². The third-order valence-electron chi connectivity index (χ3n) is 3.07. The van der Waals surface area contributed by atoms with Gasteiger partial charge in [0.05, 0.1) is 29.5 Å². The van der Waals surface area contributed by atoms with Crippen LogP contribution in [-0.4, -0.2) is 21.6 Å². The minimum absolute atomic E-state index is 0.273. The monoisotopic (exact) mass is 337 g/mol. The van der Waals surface area contributed by atoms with Crippen LogP contribution < -0.4 is 10.4 Å². The second-order valence-corrected chi connectivity index (χ2v) is 5.40. The Hall–Kier alpha value is -1.69. The van der Waals surface area contributed by atoms with E-state index in [-0.39, 0.29) is 5.69 Å². The van der Waals surface area contributed by atoms with Gasteiger partial charge in [-0.2, -0.15) is 4.98 Å². The highest BCUT2D eigenvalue weighted by Crippen LogP contribution is 2.18. The molecule has 0 spiro atoms. The molecular weight excluding hydrogens is 322 g/mol. The van der Waals surface area contributed by atoms with Gasteiger partial charge in [0, 0.05) is 23.5 Å². The summed E-state index contributed by atoms with van der Waals surface area (Å²) in [7, 11) is 1.61.